The maximum atomic E-state index is 11.1. The zero-order valence-electron chi connectivity index (χ0n) is 25.6. The van der Waals surface area contributed by atoms with Crippen LogP contribution in [0.15, 0.2) is 34.9 Å². The number of rotatable bonds is 9. The van der Waals surface area contributed by atoms with Gasteiger partial charge < -0.3 is 15.6 Å². The van der Waals surface area contributed by atoms with Crippen LogP contribution in [0.5, 0.6) is 0 Å². The minimum absolute atomic E-state index is 0.107. The van der Waals surface area contributed by atoms with E-state index >= 15 is 0 Å². The van der Waals surface area contributed by atoms with Gasteiger partial charge in [0, 0.05) is 5.69 Å². The highest BCUT2D eigenvalue weighted by molar-refractivity contribution is 5.97. The maximum Gasteiger partial charge on any atom is 0.121 e. The minimum Gasteiger partial charge on any atom is -0.769 e. The molecule has 0 unspecified atom stereocenters. The largest absolute Gasteiger partial charge is 0.769 e. The highest BCUT2D eigenvalue weighted by Gasteiger charge is 2.59. The van der Waals surface area contributed by atoms with Crippen molar-refractivity contribution in [3.63, 3.8) is 0 Å². The van der Waals surface area contributed by atoms with E-state index < -0.39 is 5.23 Å². The van der Waals surface area contributed by atoms with Gasteiger partial charge in [0.2, 0.25) is 0 Å². The van der Waals surface area contributed by atoms with Crippen LogP contribution < -0.4 is 15.9 Å². The van der Waals surface area contributed by atoms with Gasteiger partial charge >= 0.3 is 0 Å². The van der Waals surface area contributed by atoms with Crippen LogP contribution in [0.3, 0.4) is 0 Å². The van der Waals surface area contributed by atoms with E-state index in [0.717, 1.165) is 66.5 Å². The molecule has 0 radical (unpaired) electrons. The number of benzene rings is 1. The molecule has 8 nitrogen and oxygen atoms in total. The number of hydrazone groups is 1. The van der Waals surface area contributed by atoms with E-state index in [0.29, 0.717) is 11.1 Å². The zero-order valence-corrected chi connectivity index (χ0v) is 25.6. The van der Waals surface area contributed by atoms with Gasteiger partial charge in [0.25, 0.3) is 0 Å². The van der Waals surface area contributed by atoms with Gasteiger partial charge in [-0.3, -0.25) is 15.8 Å². The third-order valence-electron chi connectivity index (χ3n) is 11.9. The Morgan fingerprint density at radius 3 is 2.49 bits per heavy atom. The fourth-order valence-electron chi connectivity index (χ4n) is 9.71. The third kappa shape index (κ3) is 5.77. The molecule has 0 amide bonds. The molecule has 0 heterocycles. The molecule has 0 spiro atoms. The first kappa shape index (κ1) is 30.3. The number of allylic oxidation sites excluding steroid dienone is 2. The summed E-state index contributed by atoms with van der Waals surface area (Å²) in [6, 6.07) is 3.88. The molecule has 228 valence electrons. The van der Waals surface area contributed by atoms with E-state index in [1.807, 2.05) is 0 Å². The van der Waals surface area contributed by atoms with Crippen molar-refractivity contribution in [3.8, 4) is 0 Å². The highest BCUT2D eigenvalue weighted by atomic mass is 16.8. The van der Waals surface area contributed by atoms with Crippen LogP contribution in [0.4, 0.5) is 17.1 Å². The first-order valence-electron chi connectivity index (χ1n) is 15.9. The summed E-state index contributed by atoms with van der Waals surface area (Å²) in [6.45, 7) is 12.4. The summed E-state index contributed by atoms with van der Waals surface area (Å²) in [5.74, 6) is 4.93. The Hall–Kier alpha value is -2.13. The van der Waals surface area contributed by atoms with Crippen molar-refractivity contribution in [2.24, 2.45) is 51.4 Å². The second-order valence-corrected chi connectivity index (χ2v) is 14.5. The Kier molecular flexibility index (Phi) is 8.78. The van der Waals surface area contributed by atoms with Gasteiger partial charge in [-0.1, -0.05) is 59.5 Å². The number of hydrogen-bond acceptors (Lipinski definition) is 8. The van der Waals surface area contributed by atoms with E-state index in [2.05, 4.69) is 51.2 Å². The maximum absolute atomic E-state index is 11.1. The van der Waals surface area contributed by atoms with Gasteiger partial charge in [-0.15, -0.1) is 5.23 Å². The molecule has 3 saturated carbocycles. The molecule has 8 heteroatoms. The fraction of sp³-hybridized carbons (Fsp3) is 0.727. The van der Waals surface area contributed by atoms with Crippen LogP contribution in [0.1, 0.15) is 105 Å². The third-order valence-corrected chi connectivity index (χ3v) is 11.9. The fourth-order valence-corrected chi connectivity index (χ4v) is 9.71. The van der Waals surface area contributed by atoms with E-state index in [-0.39, 0.29) is 22.0 Å². The average Bonchev–Trinajstić information content (AvgIpc) is 3.28. The van der Waals surface area contributed by atoms with Crippen molar-refractivity contribution in [1.29, 1.82) is 0 Å². The van der Waals surface area contributed by atoms with Crippen LogP contribution >= 0.6 is 0 Å². The lowest BCUT2D eigenvalue weighted by Crippen LogP contribution is -2.51. The quantitative estimate of drug-likeness (QED) is 0.255. The highest BCUT2D eigenvalue weighted by Crippen LogP contribution is 2.67. The van der Waals surface area contributed by atoms with E-state index in [1.165, 1.54) is 69.1 Å². The Labute approximate surface area is 245 Å². The summed E-state index contributed by atoms with van der Waals surface area (Å²) in [5, 5.41) is 45.3. The van der Waals surface area contributed by atoms with E-state index in [1.54, 1.807) is 0 Å². The van der Waals surface area contributed by atoms with Gasteiger partial charge in [-0.25, -0.2) is 0 Å². The molecule has 1 aromatic rings. The SMILES string of the molecule is CC(C)CCC[C@@H](C)[C@@H]1CC[C@H]2[C@@H]3CCC4=CC(=NNc5ccc(N([O-])[O-])cc5N(O)O)CC[C@]4(C)[C@H]3CC[C@@]21C. The lowest BCUT2D eigenvalue weighted by molar-refractivity contribution is -0.0573. The normalized spacial score (nSPS) is 34.5. The first-order chi connectivity index (χ1) is 19.4. The summed E-state index contributed by atoms with van der Waals surface area (Å²) in [7, 11) is 0. The summed E-state index contributed by atoms with van der Waals surface area (Å²) in [5.41, 5.74) is 6.05. The molecule has 4 aliphatic rings. The van der Waals surface area contributed by atoms with Crippen LogP contribution in [0.2, 0.25) is 0 Å². The van der Waals surface area contributed by atoms with Crippen LogP contribution in [0, 0.1) is 56.8 Å². The van der Waals surface area contributed by atoms with Crippen molar-refractivity contribution >= 4 is 22.8 Å². The van der Waals surface area contributed by atoms with Crippen molar-refractivity contribution in [2.45, 2.75) is 105 Å². The van der Waals surface area contributed by atoms with Gasteiger partial charge in [0.05, 0.1) is 11.4 Å². The molecule has 41 heavy (non-hydrogen) atoms. The number of hydrogen-bond donors (Lipinski definition) is 3. The summed E-state index contributed by atoms with van der Waals surface area (Å²) < 4.78 is 0. The molecular formula is C33H50N4O4-2. The lowest BCUT2D eigenvalue weighted by Gasteiger charge is -2.58. The van der Waals surface area contributed by atoms with E-state index in [4.69, 9.17) is 0 Å². The summed E-state index contributed by atoms with van der Waals surface area (Å²) in [6.07, 6.45) is 16.3. The smallest absolute Gasteiger partial charge is 0.121 e. The second kappa shape index (κ2) is 11.9. The predicted octanol–water partition coefficient (Wildman–Crippen LogP) is 8.88. The molecule has 0 aliphatic heterocycles. The number of nitrogens with zero attached hydrogens (tertiary/aromatic N) is 3. The molecule has 0 saturated heterocycles. The number of anilines is 3. The zero-order chi connectivity index (χ0) is 29.5. The molecule has 7 atom stereocenters. The molecular weight excluding hydrogens is 516 g/mol. The molecule has 3 N–H and O–H groups in total. The van der Waals surface area contributed by atoms with Crippen molar-refractivity contribution < 1.29 is 10.4 Å². The van der Waals surface area contributed by atoms with Crippen LogP contribution in [-0.2, 0) is 0 Å². The van der Waals surface area contributed by atoms with Crippen molar-refractivity contribution in [1.82, 2.24) is 0 Å². The minimum atomic E-state index is -0.570. The standard InChI is InChI=1S/C33H50N4O4/c1-21(2)7-6-8-22(3)27-12-13-28-26-11-9-23-19-24(15-17-32(23,4)29(26)16-18-33(27,28)5)34-35-30-14-10-25(36(38)39)20-31(30)37(40)41/h10,14,19-22,26-29,35,40-41H,6-9,11-13,15-18H2,1-5H3/q-2/t22-,26+,27+,28+,29+,32+,33-/m1/s1. The molecule has 1 aromatic carbocycles. The van der Waals surface area contributed by atoms with Gasteiger partial charge in [0.1, 0.15) is 5.69 Å². The second-order valence-electron chi connectivity index (χ2n) is 14.5. The Balaban J connectivity index is 1.28. The molecule has 0 bridgehead atoms. The summed E-state index contributed by atoms with van der Waals surface area (Å²) in [4.78, 5) is 0. The van der Waals surface area contributed by atoms with Crippen LogP contribution in [-0.4, -0.2) is 16.1 Å². The van der Waals surface area contributed by atoms with Crippen LogP contribution in [0.25, 0.3) is 0 Å². The van der Waals surface area contributed by atoms with Crippen molar-refractivity contribution in [2.75, 3.05) is 15.9 Å². The molecule has 4 aliphatic carbocycles. The monoisotopic (exact) mass is 566 g/mol. The number of fused-ring (bicyclic) bond motifs is 5. The first-order valence-corrected chi connectivity index (χ1v) is 15.9. The summed E-state index contributed by atoms with van der Waals surface area (Å²) >= 11 is 0. The Morgan fingerprint density at radius 2 is 1.78 bits per heavy atom. The Bertz CT molecular complexity index is 1150. The Morgan fingerprint density at radius 1 is 1.00 bits per heavy atom. The van der Waals surface area contributed by atoms with Gasteiger partial charge in [-0.2, -0.15) is 5.10 Å². The van der Waals surface area contributed by atoms with Gasteiger partial charge in [-0.05, 0) is 122 Å². The van der Waals surface area contributed by atoms with Crippen molar-refractivity contribution in [3.05, 3.63) is 40.3 Å². The van der Waals surface area contributed by atoms with Gasteiger partial charge in [0.15, 0.2) is 0 Å². The number of nitrogens with one attached hydrogen (secondary N) is 1. The molecule has 3 fully saturated rings. The van der Waals surface area contributed by atoms with E-state index in [9.17, 15) is 20.8 Å². The predicted molar refractivity (Wildman–Crippen MR) is 166 cm³/mol. The average molecular weight is 567 g/mol. The topological polar surface area (TPSA) is 117 Å². The molecule has 0 aromatic heterocycles. The lowest BCUT2D eigenvalue weighted by atomic mass is 9.46. The molecule has 5 rings (SSSR count).